The van der Waals surface area contributed by atoms with Gasteiger partial charge in [-0.05, 0) is 67.1 Å². The van der Waals surface area contributed by atoms with Gasteiger partial charge in [-0.1, -0.05) is 44.2 Å². The molecule has 0 spiro atoms. The van der Waals surface area contributed by atoms with Gasteiger partial charge in [-0.3, -0.25) is 19.3 Å². The number of aliphatic hydroxyl groups excluding tert-OH is 2. The maximum atomic E-state index is 13.9. The Morgan fingerprint density at radius 2 is 1.79 bits per heavy atom. The maximum Gasteiger partial charge on any atom is 0.255 e. The van der Waals surface area contributed by atoms with Crippen LogP contribution in [0.2, 0.25) is 0 Å². The number of aliphatic hydroxyl groups is 3. The van der Waals surface area contributed by atoms with Gasteiger partial charge in [0.25, 0.3) is 5.91 Å². The third-order valence-electron chi connectivity index (χ3n) is 8.47. The highest BCUT2D eigenvalue weighted by atomic mass is 16.3. The Kier molecular flexibility index (Phi) is 6.19. The second-order valence-corrected chi connectivity index (χ2v) is 11.2. The molecular formula is C30H32N2O7. The lowest BCUT2D eigenvalue weighted by molar-refractivity contribution is -0.148. The third kappa shape index (κ3) is 3.71. The molecular weight excluding hydrogens is 500 g/mol. The largest absolute Gasteiger partial charge is 0.510 e. The average Bonchev–Trinajstić information content (AvgIpc) is 2.86. The SMILES string of the molecule is CC(C)c1cccc(-c2ccc(O)c3c2CC2CC4C(N(C)C)C(O)=C(C(N)=O)C(=O)C4(O)C(O)=C2C3=O)c1. The van der Waals surface area contributed by atoms with Crippen LogP contribution in [-0.4, -0.2) is 68.5 Å². The zero-order valence-corrected chi connectivity index (χ0v) is 22.2. The highest BCUT2D eigenvalue weighted by Gasteiger charge is 2.63. The van der Waals surface area contributed by atoms with E-state index in [4.69, 9.17) is 5.73 Å². The molecule has 4 atom stereocenters. The topological polar surface area (TPSA) is 161 Å². The summed E-state index contributed by atoms with van der Waals surface area (Å²) < 4.78 is 0. The molecule has 0 heterocycles. The Morgan fingerprint density at radius 3 is 2.41 bits per heavy atom. The van der Waals surface area contributed by atoms with Crippen LogP contribution >= 0.6 is 0 Å². The number of amides is 1. The molecule has 39 heavy (non-hydrogen) atoms. The number of likely N-dealkylation sites (N-methyl/N-ethyl adjacent to an activating group) is 1. The van der Waals surface area contributed by atoms with Crippen molar-refractivity contribution in [2.75, 3.05) is 14.1 Å². The molecule has 3 aliphatic rings. The van der Waals surface area contributed by atoms with Crippen molar-refractivity contribution in [2.45, 2.75) is 44.2 Å². The van der Waals surface area contributed by atoms with Gasteiger partial charge in [0.1, 0.15) is 22.8 Å². The maximum absolute atomic E-state index is 13.9. The van der Waals surface area contributed by atoms with E-state index in [1.165, 1.54) is 11.0 Å². The first kappa shape index (κ1) is 26.6. The van der Waals surface area contributed by atoms with E-state index in [2.05, 4.69) is 13.8 Å². The fraction of sp³-hybridized carbons (Fsp3) is 0.367. The second kappa shape index (κ2) is 9.07. The first-order valence-corrected chi connectivity index (χ1v) is 12.9. The summed E-state index contributed by atoms with van der Waals surface area (Å²) in [4.78, 5) is 40.9. The van der Waals surface area contributed by atoms with E-state index in [0.717, 1.165) is 16.7 Å². The molecule has 0 fully saturated rings. The molecule has 5 rings (SSSR count). The van der Waals surface area contributed by atoms with Crippen LogP contribution in [0.1, 0.15) is 47.7 Å². The van der Waals surface area contributed by atoms with Crippen molar-refractivity contribution < 1.29 is 34.8 Å². The number of hydrogen-bond acceptors (Lipinski definition) is 8. The molecule has 2 aromatic rings. The number of phenols is 1. The van der Waals surface area contributed by atoms with E-state index in [9.17, 15) is 34.8 Å². The Morgan fingerprint density at radius 1 is 1.10 bits per heavy atom. The van der Waals surface area contributed by atoms with E-state index >= 15 is 0 Å². The summed E-state index contributed by atoms with van der Waals surface area (Å²) in [6, 6.07) is 10.1. The van der Waals surface area contributed by atoms with Gasteiger partial charge in [-0.15, -0.1) is 0 Å². The van der Waals surface area contributed by atoms with E-state index in [-0.39, 0.29) is 35.6 Å². The zero-order valence-electron chi connectivity index (χ0n) is 22.2. The molecule has 204 valence electrons. The quantitative estimate of drug-likeness (QED) is 0.376. The predicted octanol–water partition coefficient (Wildman–Crippen LogP) is 2.91. The van der Waals surface area contributed by atoms with Crippen molar-refractivity contribution >= 4 is 17.5 Å². The number of phenolic OH excluding ortho intramolecular Hbond substituents is 1. The van der Waals surface area contributed by atoms with Crippen LogP contribution in [0.5, 0.6) is 5.75 Å². The number of fused-ring (bicyclic) bond motifs is 3. The average molecular weight is 533 g/mol. The lowest BCUT2D eigenvalue weighted by Crippen LogP contribution is -2.63. The molecule has 0 aliphatic heterocycles. The molecule has 6 N–H and O–H groups in total. The number of allylic oxidation sites excluding steroid dienone is 1. The Balaban J connectivity index is 1.71. The fourth-order valence-corrected chi connectivity index (χ4v) is 6.59. The summed E-state index contributed by atoms with van der Waals surface area (Å²) in [7, 11) is 3.20. The summed E-state index contributed by atoms with van der Waals surface area (Å²) in [6.45, 7) is 4.16. The van der Waals surface area contributed by atoms with Crippen LogP contribution in [0.25, 0.3) is 11.1 Å². The van der Waals surface area contributed by atoms with E-state index in [1.807, 2.05) is 24.3 Å². The van der Waals surface area contributed by atoms with Crippen LogP contribution in [0.3, 0.4) is 0 Å². The van der Waals surface area contributed by atoms with Crippen LogP contribution in [0.4, 0.5) is 0 Å². The molecule has 0 aromatic heterocycles. The van der Waals surface area contributed by atoms with E-state index < -0.39 is 58.0 Å². The van der Waals surface area contributed by atoms with Gasteiger partial charge in [0.15, 0.2) is 11.4 Å². The normalized spacial score (nSPS) is 26.6. The first-order chi connectivity index (χ1) is 18.3. The summed E-state index contributed by atoms with van der Waals surface area (Å²) >= 11 is 0. The molecule has 9 nitrogen and oxygen atoms in total. The standard InChI is InChI=1S/C30H32N2O7/c1-13(2)14-6-5-7-15(10-14)17-8-9-20(33)22-18(17)11-16-12-19-24(32(3)4)26(35)23(29(31)38)28(37)30(19,39)27(36)21(16)25(22)34/h5-10,13,16,19,24,33,35-36,39H,11-12H2,1-4H3,(H2,31,38). The lowest BCUT2D eigenvalue weighted by atomic mass is 9.58. The van der Waals surface area contributed by atoms with Crippen LogP contribution in [-0.2, 0) is 16.0 Å². The number of Topliss-reactive ketones (excluding diaryl/α,β-unsaturated/α-hetero) is 2. The molecule has 0 bridgehead atoms. The van der Waals surface area contributed by atoms with E-state index in [0.29, 0.717) is 5.56 Å². The minimum absolute atomic E-state index is 0.00299. The first-order valence-electron chi connectivity index (χ1n) is 12.9. The summed E-state index contributed by atoms with van der Waals surface area (Å²) in [5.41, 5.74) is 5.10. The van der Waals surface area contributed by atoms with Crippen LogP contribution in [0, 0.1) is 11.8 Å². The number of benzene rings is 2. The molecule has 0 saturated carbocycles. The van der Waals surface area contributed by atoms with Gasteiger partial charge in [0.05, 0.1) is 11.6 Å². The highest BCUT2D eigenvalue weighted by molar-refractivity contribution is 6.24. The Hall–Kier alpha value is -3.95. The number of primary amides is 1. The van der Waals surface area contributed by atoms with Gasteiger partial charge in [-0.25, -0.2) is 0 Å². The smallest absolute Gasteiger partial charge is 0.255 e. The number of nitrogens with two attached hydrogens (primary N) is 1. The monoisotopic (exact) mass is 532 g/mol. The number of nitrogens with zero attached hydrogens (tertiary/aromatic N) is 1. The van der Waals surface area contributed by atoms with Crippen molar-refractivity contribution in [1.82, 2.24) is 4.90 Å². The number of carbonyl (C=O) groups excluding carboxylic acids is 3. The van der Waals surface area contributed by atoms with Gasteiger partial charge in [0, 0.05) is 11.5 Å². The van der Waals surface area contributed by atoms with Crippen molar-refractivity contribution in [3.63, 3.8) is 0 Å². The van der Waals surface area contributed by atoms with Crippen molar-refractivity contribution in [2.24, 2.45) is 17.6 Å². The van der Waals surface area contributed by atoms with Gasteiger partial charge in [0.2, 0.25) is 5.78 Å². The minimum Gasteiger partial charge on any atom is -0.510 e. The molecule has 1 amide bonds. The molecule has 2 aromatic carbocycles. The second-order valence-electron chi connectivity index (χ2n) is 11.2. The third-order valence-corrected chi connectivity index (χ3v) is 8.47. The lowest BCUT2D eigenvalue weighted by Gasteiger charge is -2.50. The van der Waals surface area contributed by atoms with Gasteiger partial charge >= 0.3 is 0 Å². The number of hydrogen-bond donors (Lipinski definition) is 5. The minimum atomic E-state index is -2.65. The van der Waals surface area contributed by atoms with Gasteiger partial charge < -0.3 is 26.2 Å². The number of carbonyl (C=O) groups is 3. The zero-order chi connectivity index (χ0) is 28.5. The van der Waals surface area contributed by atoms with Crippen LogP contribution in [0.15, 0.2) is 59.1 Å². The van der Waals surface area contributed by atoms with Gasteiger partial charge in [-0.2, -0.15) is 0 Å². The highest BCUT2D eigenvalue weighted by Crippen LogP contribution is 2.53. The molecule has 0 saturated heterocycles. The summed E-state index contributed by atoms with van der Waals surface area (Å²) in [5.74, 6) is -6.33. The van der Waals surface area contributed by atoms with E-state index in [1.54, 1.807) is 20.2 Å². The summed E-state index contributed by atoms with van der Waals surface area (Å²) in [5, 5.41) is 44.8. The molecule has 3 aliphatic carbocycles. The Labute approximate surface area is 225 Å². The van der Waals surface area contributed by atoms with Crippen molar-refractivity contribution in [3.05, 3.63) is 75.8 Å². The number of rotatable bonds is 4. The molecule has 9 heteroatoms. The predicted molar refractivity (Wildman–Crippen MR) is 143 cm³/mol. The Bertz CT molecular complexity index is 1500. The fourth-order valence-electron chi connectivity index (χ4n) is 6.59. The van der Waals surface area contributed by atoms with Crippen molar-refractivity contribution in [1.29, 1.82) is 0 Å². The molecule has 4 unspecified atom stereocenters. The summed E-state index contributed by atoms with van der Waals surface area (Å²) in [6.07, 6.45) is 0.289. The number of ketones is 2. The van der Waals surface area contributed by atoms with Crippen LogP contribution < -0.4 is 5.73 Å². The molecule has 0 radical (unpaired) electrons. The van der Waals surface area contributed by atoms with Crippen molar-refractivity contribution in [3.8, 4) is 16.9 Å². The number of aromatic hydroxyl groups is 1.